The number of hydrogen-bond donors (Lipinski definition) is 1. The van der Waals surface area contributed by atoms with Gasteiger partial charge in [0.25, 0.3) is 0 Å². The molecular formula is C14H19N3S. The third-order valence-electron chi connectivity index (χ3n) is 2.68. The van der Waals surface area contributed by atoms with Crippen LogP contribution in [0.2, 0.25) is 0 Å². The highest BCUT2D eigenvalue weighted by Gasteiger charge is 2.02. The summed E-state index contributed by atoms with van der Waals surface area (Å²) in [4.78, 5) is 5.68. The summed E-state index contributed by atoms with van der Waals surface area (Å²) in [6.07, 6.45) is 6.04. The molecule has 0 amide bonds. The molecule has 0 saturated carbocycles. The van der Waals surface area contributed by atoms with Crippen LogP contribution < -0.4 is 5.32 Å². The van der Waals surface area contributed by atoms with Crippen LogP contribution in [0.4, 0.5) is 0 Å². The van der Waals surface area contributed by atoms with Gasteiger partial charge < -0.3 is 9.88 Å². The molecule has 3 nitrogen and oxygen atoms in total. The zero-order chi connectivity index (χ0) is 13.0. The van der Waals surface area contributed by atoms with Gasteiger partial charge in [-0.05, 0) is 24.5 Å². The molecule has 1 aromatic heterocycles. The summed E-state index contributed by atoms with van der Waals surface area (Å²) < 4.78 is 2.07. The second-order valence-corrected chi connectivity index (χ2v) is 5.39. The van der Waals surface area contributed by atoms with Crippen LogP contribution in [0.1, 0.15) is 19.5 Å². The lowest BCUT2D eigenvalue weighted by molar-refractivity contribution is 0.582. The molecule has 2 rings (SSSR count). The molecule has 0 radical (unpaired) electrons. The van der Waals surface area contributed by atoms with E-state index in [1.165, 1.54) is 4.90 Å². The first kappa shape index (κ1) is 13.2. The molecule has 1 N–H and O–H groups in total. The number of thioether (sulfide) groups is 1. The summed E-state index contributed by atoms with van der Waals surface area (Å²) in [5.41, 5.74) is 2.23. The number of benzene rings is 1. The third kappa shape index (κ3) is 3.37. The molecule has 0 spiro atoms. The summed E-state index contributed by atoms with van der Waals surface area (Å²) in [5.74, 6) is 0. The maximum absolute atomic E-state index is 4.41. The van der Waals surface area contributed by atoms with E-state index in [9.17, 15) is 0 Å². The Kier molecular flexibility index (Phi) is 4.44. The lowest BCUT2D eigenvalue weighted by Crippen LogP contribution is -2.21. The van der Waals surface area contributed by atoms with E-state index in [-0.39, 0.29) is 0 Å². The predicted octanol–water partition coefficient (Wildman–Crippen LogP) is 3.09. The molecule has 1 heterocycles. The van der Waals surface area contributed by atoms with E-state index in [0.717, 1.165) is 17.9 Å². The molecule has 0 saturated heterocycles. The number of nitrogens with one attached hydrogen (secondary N) is 1. The standard InChI is InChI=1S/C14H19N3S/c1-11(2)15-8-12-9-17(10-16-12)13-5-4-6-14(7-13)18-3/h4-7,9-11,15H,8H2,1-3H3. The van der Waals surface area contributed by atoms with Crippen LogP contribution in [0, 0.1) is 0 Å². The minimum atomic E-state index is 0.481. The summed E-state index contributed by atoms with van der Waals surface area (Å²) in [6.45, 7) is 5.09. The minimum Gasteiger partial charge on any atom is -0.309 e. The Morgan fingerprint density at radius 1 is 1.39 bits per heavy atom. The van der Waals surface area contributed by atoms with Crippen molar-refractivity contribution in [3.8, 4) is 5.69 Å². The van der Waals surface area contributed by atoms with Crippen molar-refractivity contribution in [2.45, 2.75) is 31.3 Å². The van der Waals surface area contributed by atoms with Crippen LogP contribution >= 0.6 is 11.8 Å². The Labute approximate surface area is 113 Å². The van der Waals surface area contributed by atoms with Crippen molar-refractivity contribution in [2.75, 3.05) is 6.26 Å². The Morgan fingerprint density at radius 2 is 2.22 bits per heavy atom. The largest absolute Gasteiger partial charge is 0.309 e. The summed E-state index contributed by atoms with van der Waals surface area (Å²) in [7, 11) is 0. The van der Waals surface area contributed by atoms with Crippen molar-refractivity contribution in [1.82, 2.24) is 14.9 Å². The van der Waals surface area contributed by atoms with Gasteiger partial charge in [0.1, 0.15) is 0 Å². The number of aromatic nitrogens is 2. The second-order valence-electron chi connectivity index (χ2n) is 4.51. The van der Waals surface area contributed by atoms with E-state index >= 15 is 0 Å². The topological polar surface area (TPSA) is 29.9 Å². The molecule has 0 aliphatic carbocycles. The van der Waals surface area contributed by atoms with Gasteiger partial charge in [0.05, 0.1) is 12.0 Å². The first-order valence-corrected chi connectivity index (χ1v) is 7.32. The van der Waals surface area contributed by atoms with E-state index in [1.807, 2.05) is 6.33 Å². The van der Waals surface area contributed by atoms with Gasteiger partial charge in [-0.1, -0.05) is 19.9 Å². The molecule has 2 aromatic rings. The van der Waals surface area contributed by atoms with Crippen LogP contribution in [0.25, 0.3) is 5.69 Å². The minimum absolute atomic E-state index is 0.481. The summed E-state index contributed by atoms with van der Waals surface area (Å²) in [5, 5.41) is 3.37. The van der Waals surface area contributed by atoms with Crippen molar-refractivity contribution in [2.24, 2.45) is 0 Å². The fourth-order valence-electron chi connectivity index (χ4n) is 1.68. The number of nitrogens with zero attached hydrogens (tertiary/aromatic N) is 2. The highest BCUT2D eigenvalue weighted by atomic mass is 32.2. The molecule has 0 fully saturated rings. The first-order chi connectivity index (χ1) is 8.69. The molecule has 0 unspecified atom stereocenters. The number of rotatable bonds is 5. The fraction of sp³-hybridized carbons (Fsp3) is 0.357. The quantitative estimate of drug-likeness (QED) is 0.839. The molecule has 1 aromatic carbocycles. The average Bonchev–Trinajstić information content (AvgIpc) is 2.85. The Bertz CT molecular complexity index is 505. The number of imidazole rings is 1. The van der Waals surface area contributed by atoms with Crippen LogP contribution in [-0.4, -0.2) is 21.8 Å². The van der Waals surface area contributed by atoms with Gasteiger partial charge in [-0.25, -0.2) is 4.98 Å². The van der Waals surface area contributed by atoms with Crippen LogP contribution in [0.3, 0.4) is 0 Å². The van der Waals surface area contributed by atoms with Gasteiger partial charge >= 0.3 is 0 Å². The second kappa shape index (κ2) is 6.07. The average molecular weight is 261 g/mol. The normalized spacial score (nSPS) is 11.1. The zero-order valence-corrected chi connectivity index (χ0v) is 11.9. The third-order valence-corrected chi connectivity index (χ3v) is 3.40. The molecule has 18 heavy (non-hydrogen) atoms. The molecule has 96 valence electrons. The molecule has 0 aliphatic heterocycles. The molecule has 0 aliphatic rings. The van der Waals surface area contributed by atoms with Gasteiger partial charge in [-0.3, -0.25) is 0 Å². The molecule has 4 heteroatoms. The molecule has 0 atom stereocenters. The van der Waals surface area contributed by atoms with Crippen molar-refractivity contribution in [3.05, 3.63) is 42.5 Å². The predicted molar refractivity (Wildman–Crippen MR) is 77.3 cm³/mol. The Hall–Kier alpha value is -1.26. The van der Waals surface area contributed by atoms with Gasteiger partial charge in [-0.15, -0.1) is 11.8 Å². The van der Waals surface area contributed by atoms with Crippen LogP contribution in [0.5, 0.6) is 0 Å². The zero-order valence-electron chi connectivity index (χ0n) is 11.1. The highest BCUT2D eigenvalue weighted by Crippen LogP contribution is 2.18. The fourth-order valence-corrected chi connectivity index (χ4v) is 2.13. The van der Waals surface area contributed by atoms with E-state index in [1.54, 1.807) is 11.8 Å². The first-order valence-electron chi connectivity index (χ1n) is 6.09. The monoisotopic (exact) mass is 261 g/mol. The van der Waals surface area contributed by atoms with Crippen LogP contribution in [0.15, 0.2) is 41.7 Å². The lowest BCUT2D eigenvalue weighted by atomic mass is 10.3. The van der Waals surface area contributed by atoms with Crippen molar-refractivity contribution in [3.63, 3.8) is 0 Å². The van der Waals surface area contributed by atoms with E-state index in [4.69, 9.17) is 0 Å². The SMILES string of the molecule is CSc1cccc(-n2cnc(CNC(C)C)c2)c1. The number of hydrogen-bond acceptors (Lipinski definition) is 3. The summed E-state index contributed by atoms with van der Waals surface area (Å²) >= 11 is 1.75. The van der Waals surface area contributed by atoms with E-state index in [2.05, 4.69) is 65.4 Å². The van der Waals surface area contributed by atoms with Crippen molar-refractivity contribution in [1.29, 1.82) is 0 Å². The van der Waals surface area contributed by atoms with Gasteiger partial charge in [0.15, 0.2) is 0 Å². The van der Waals surface area contributed by atoms with Crippen molar-refractivity contribution >= 4 is 11.8 Å². The Morgan fingerprint density at radius 3 is 2.94 bits per heavy atom. The lowest BCUT2D eigenvalue weighted by Gasteiger charge is -2.05. The summed E-state index contributed by atoms with van der Waals surface area (Å²) in [6, 6.07) is 8.95. The molecular weight excluding hydrogens is 242 g/mol. The molecule has 0 bridgehead atoms. The van der Waals surface area contributed by atoms with E-state index < -0.39 is 0 Å². The van der Waals surface area contributed by atoms with Gasteiger partial charge in [0, 0.05) is 29.4 Å². The van der Waals surface area contributed by atoms with Crippen molar-refractivity contribution < 1.29 is 0 Å². The van der Waals surface area contributed by atoms with Crippen LogP contribution in [-0.2, 0) is 6.54 Å². The van der Waals surface area contributed by atoms with Gasteiger partial charge in [0.2, 0.25) is 0 Å². The maximum atomic E-state index is 4.41. The maximum Gasteiger partial charge on any atom is 0.0995 e. The van der Waals surface area contributed by atoms with E-state index in [0.29, 0.717) is 6.04 Å². The highest BCUT2D eigenvalue weighted by molar-refractivity contribution is 7.98. The Balaban J connectivity index is 2.13. The van der Waals surface area contributed by atoms with Gasteiger partial charge in [-0.2, -0.15) is 0 Å². The smallest absolute Gasteiger partial charge is 0.0995 e.